The van der Waals surface area contributed by atoms with Crippen molar-refractivity contribution in [2.75, 3.05) is 0 Å². The predicted molar refractivity (Wildman–Crippen MR) is 92.3 cm³/mol. The average molecular weight is 276 g/mol. The maximum Gasteiger partial charge on any atom is 0.146 e. The van der Waals surface area contributed by atoms with Crippen LogP contribution in [0.3, 0.4) is 0 Å². The van der Waals surface area contributed by atoms with Crippen LogP contribution in [0.5, 0.6) is 0 Å². The predicted octanol–water partition coefficient (Wildman–Crippen LogP) is 6.26. The van der Waals surface area contributed by atoms with Gasteiger partial charge in [-0.05, 0) is 12.5 Å². The second-order valence-electron chi connectivity index (χ2n) is 8.21. The van der Waals surface area contributed by atoms with Gasteiger partial charge in [0.25, 0.3) is 0 Å². The molecule has 2 heterocycles. The minimum absolute atomic E-state index is 0.855. The highest BCUT2D eigenvalue weighted by atomic mass is 28.3. The van der Waals surface area contributed by atoms with Crippen molar-refractivity contribution in [1.29, 1.82) is 0 Å². The number of rotatable bonds is 6. The molecule has 0 nitrogen and oxygen atoms in total. The summed E-state index contributed by atoms with van der Waals surface area (Å²) in [6.07, 6.45) is 18.5. The van der Waals surface area contributed by atoms with Crippen molar-refractivity contribution in [3.05, 3.63) is 12.2 Å². The molecule has 0 unspecified atom stereocenters. The summed E-state index contributed by atoms with van der Waals surface area (Å²) in [7, 11) is -0.855. The highest BCUT2D eigenvalue weighted by molar-refractivity contribution is 6.76. The second kappa shape index (κ2) is 7.15. The summed E-state index contributed by atoms with van der Waals surface area (Å²) in [5, 5.41) is 0. The van der Waals surface area contributed by atoms with E-state index in [0.29, 0.717) is 0 Å². The molecule has 2 fully saturated rings. The van der Waals surface area contributed by atoms with Crippen LogP contribution in [0.25, 0.3) is 0 Å². The van der Waals surface area contributed by atoms with Crippen LogP contribution < -0.4 is 0 Å². The molecule has 0 aliphatic carbocycles. The molecule has 19 heavy (non-hydrogen) atoms. The third kappa shape index (κ3) is 5.13. The van der Waals surface area contributed by atoms with E-state index in [1.165, 1.54) is 38.0 Å². The molecule has 2 bridgehead atoms. The van der Waals surface area contributed by atoms with Crippen molar-refractivity contribution in [1.82, 2.24) is 0 Å². The zero-order chi connectivity index (χ0) is 13.7. The van der Waals surface area contributed by atoms with Crippen LogP contribution in [0, 0.1) is 0 Å². The van der Waals surface area contributed by atoms with Gasteiger partial charge in [0.1, 0.15) is 6.71 Å². The van der Waals surface area contributed by atoms with Crippen LogP contribution >= 0.6 is 0 Å². The Morgan fingerprint density at radius 2 is 1.53 bits per heavy atom. The minimum Gasteiger partial charge on any atom is -0.0912 e. The first-order chi connectivity index (χ1) is 9.06. The van der Waals surface area contributed by atoms with Gasteiger partial charge < -0.3 is 0 Å². The van der Waals surface area contributed by atoms with E-state index in [-0.39, 0.29) is 0 Å². The lowest BCUT2D eigenvalue weighted by Gasteiger charge is -2.40. The Bertz CT molecular complexity index is 270. The third-order valence-corrected chi connectivity index (χ3v) is 6.78. The Morgan fingerprint density at radius 3 is 2.05 bits per heavy atom. The number of allylic oxidation sites excluding steroid dienone is 2. The lowest BCUT2D eigenvalue weighted by molar-refractivity contribution is 0.440. The fraction of sp³-hybridized carbons (Fsp3) is 0.882. The van der Waals surface area contributed by atoms with Gasteiger partial charge in [0.2, 0.25) is 0 Å². The van der Waals surface area contributed by atoms with Crippen LogP contribution in [-0.2, 0) is 0 Å². The normalized spacial score (nSPS) is 28.1. The first-order valence-corrected chi connectivity index (χ1v) is 12.4. The molecule has 0 N–H and O–H groups in total. The monoisotopic (exact) mass is 276 g/mol. The summed E-state index contributed by atoms with van der Waals surface area (Å²) in [6, 6.07) is 1.36. The highest BCUT2D eigenvalue weighted by Crippen LogP contribution is 2.48. The topological polar surface area (TPSA) is 0 Å². The van der Waals surface area contributed by atoms with Gasteiger partial charge >= 0.3 is 0 Å². The summed E-state index contributed by atoms with van der Waals surface area (Å²) in [4.78, 5) is 0. The molecule has 108 valence electrons. The van der Waals surface area contributed by atoms with E-state index in [2.05, 4.69) is 31.8 Å². The van der Waals surface area contributed by atoms with Gasteiger partial charge in [-0.2, -0.15) is 0 Å². The molecule has 0 saturated carbocycles. The van der Waals surface area contributed by atoms with Crippen LogP contribution in [0.15, 0.2) is 12.2 Å². The molecule has 0 radical (unpaired) electrons. The maximum atomic E-state index is 2.47. The molecule has 0 atom stereocenters. The molecule has 2 rings (SSSR count). The molecule has 2 heteroatoms. The maximum absolute atomic E-state index is 2.47. The summed E-state index contributed by atoms with van der Waals surface area (Å²) >= 11 is 0. The summed E-state index contributed by atoms with van der Waals surface area (Å²) < 4.78 is 0. The summed E-state index contributed by atoms with van der Waals surface area (Å²) in [5.41, 5.74) is 0. The molecular weight excluding hydrogens is 243 g/mol. The van der Waals surface area contributed by atoms with Gasteiger partial charge in [-0.1, -0.05) is 94.7 Å². The molecular formula is C17H33BSi. The number of fused-ring (bicyclic) bond motifs is 2. The molecule has 2 aliphatic rings. The van der Waals surface area contributed by atoms with E-state index in [1.807, 2.05) is 0 Å². The van der Waals surface area contributed by atoms with Crippen LogP contribution in [0.1, 0.15) is 51.4 Å². The van der Waals surface area contributed by atoms with Crippen molar-refractivity contribution >= 4 is 14.8 Å². The lowest BCUT2D eigenvalue weighted by Crippen LogP contribution is -2.34. The Labute approximate surface area is 122 Å². The van der Waals surface area contributed by atoms with E-state index >= 15 is 0 Å². The van der Waals surface area contributed by atoms with Crippen molar-refractivity contribution < 1.29 is 0 Å². The Morgan fingerprint density at radius 1 is 0.947 bits per heavy atom. The van der Waals surface area contributed by atoms with Gasteiger partial charge in [-0.3, -0.25) is 0 Å². The number of hydrogen-bond donors (Lipinski definition) is 0. The fourth-order valence-electron chi connectivity index (χ4n) is 4.31. The fourth-order valence-corrected chi connectivity index (χ4v) is 5.19. The minimum atomic E-state index is -0.855. The van der Waals surface area contributed by atoms with Gasteiger partial charge in [-0.25, -0.2) is 0 Å². The summed E-state index contributed by atoms with van der Waals surface area (Å²) in [5.74, 6) is 2.22. The van der Waals surface area contributed by atoms with E-state index in [9.17, 15) is 0 Å². The van der Waals surface area contributed by atoms with Gasteiger partial charge in [0.15, 0.2) is 0 Å². The molecule has 0 spiro atoms. The van der Waals surface area contributed by atoms with Crippen LogP contribution in [-0.4, -0.2) is 14.8 Å². The average Bonchev–Trinajstić information content (AvgIpc) is 2.31. The molecule has 0 aromatic rings. The summed E-state index contributed by atoms with van der Waals surface area (Å²) in [6.45, 7) is 8.48. The third-order valence-electron chi connectivity index (χ3n) is 5.32. The number of hydrogen-bond acceptors (Lipinski definition) is 0. The smallest absolute Gasteiger partial charge is 0.0912 e. The van der Waals surface area contributed by atoms with E-state index in [0.717, 1.165) is 18.3 Å². The lowest BCUT2D eigenvalue weighted by atomic mass is 9.26. The van der Waals surface area contributed by atoms with Gasteiger partial charge in [0, 0.05) is 8.07 Å². The molecule has 0 amide bonds. The standard InChI is InChI=1S/C17H33BSi/c1-19(2,3)15-7-5-4-6-14-18-16-10-8-11-17(18)13-9-12-16/h5,7,16-17H,4,6,8-15H2,1-3H3/b7-5+. The SMILES string of the molecule is C[Si](C)(C)C/C=C/CCCB1C2CCCC1CCC2. The first kappa shape index (κ1) is 15.4. The van der Waals surface area contributed by atoms with Crippen molar-refractivity contribution in [3.63, 3.8) is 0 Å². The molecule has 2 saturated heterocycles. The zero-order valence-corrected chi connectivity index (χ0v) is 14.5. The second-order valence-corrected chi connectivity index (χ2v) is 13.7. The first-order valence-electron chi connectivity index (χ1n) is 8.71. The van der Waals surface area contributed by atoms with Gasteiger partial charge in [-0.15, -0.1) is 0 Å². The Balaban J connectivity index is 1.65. The Hall–Kier alpha value is 0.0218. The Kier molecular flexibility index (Phi) is 5.80. The van der Waals surface area contributed by atoms with E-state index in [4.69, 9.17) is 0 Å². The highest BCUT2D eigenvalue weighted by Gasteiger charge is 2.37. The molecule has 0 aromatic heterocycles. The van der Waals surface area contributed by atoms with Crippen LogP contribution in [0.2, 0.25) is 43.6 Å². The van der Waals surface area contributed by atoms with Crippen LogP contribution in [0.4, 0.5) is 0 Å². The van der Waals surface area contributed by atoms with Crippen molar-refractivity contribution in [2.45, 2.75) is 95.0 Å². The van der Waals surface area contributed by atoms with E-state index in [1.54, 1.807) is 25.7 Å². The van der Waals surface area contributed by atoms with Gasteiger partial charge in [0.05, 0.1) is 0 Å². The quantitative estimate of drug-likeness (QED) is 0.305. The zero-order valence-electron chi connectivity index (χ0n) is 13.5. The van der Waals surface area contributed by atoms with E-state index < -0.39 is 8.07 Å². The number of unbranched alkanes of at least 4 members (excludes halogenated alkanes) is 1. The van der Waals surface area contributed by atoms with Crippen molar-refractivity contribution in [2.24, 2.45) is 0 Å². The molecule has 2 aliphatic heterocycles. The van der Waals surface area contributed by atoms with Crippen molar-refractivity contribution in [3.8, 4) is 0 Å². The largest absolute Gasteiger partial charge is 0.146 e. The molecule has 0 aromatic carbocycles.